The summed E-state index contributed by atoms with van der Waals surface area (Å²) in [6.07, 6.45) is 0. The van der Waals surface area contributed by atoms with Crippen LogP contribution < -0.4 is 0 Å². The second-order valence-corrected chi connectivity index (χ2v) is 5.86. The molecule has 0 atom stereocenters. The summed E-state index contributed by atoms with van der Waals surface area (Å²) in [7, 11) is 0. The van der Waals surface area contributed by atoms with E-state index in [0.29, 0.717) is 11.8 Å². The number of thiophene rings is 2. The van der Waals surface area contributed by atoms with Gasteiger partial charge in [0.15, 0.2) is 0 Å². The molecule has 0 unspecified atom stereocenters. The van der Waals surface area contributed by atoms with E-state index < -0.39 is 0 Å². The molecular formula is C12H14Cl2S2. The van der Waals surface area contributed by atoms with Crippen LogP contribution in [0.5, 0.6) is 0 Å². The van der Waals surface area contributed by atoms with E-state index in [0.717, 1.165) is 0 Å². The summed E-state index contributed by atoms with van der Waals surface area (Å²) >= 11 is 14.6. The number of hydrogen-bond donors (Lipinski definition) is 0. The monoisotopic (exact) mass is 292 g/mol. The van der Waals surface area contributed by atoms with E-state index in [1.165, 1.54) is 20.9 Å². The summed E-state index contributed by atoms with van der Waals surface area (Å²) in [5.41, 5.74) is 2.62. The van der Waals surface area contributed by atoms with Crippen molar-refractivity contribution in [1.82, 2.24) is 0 Å². The average molecular weight is 293 g/mol. The van der Waals surface area contributed by atoms with Crippen molar-refractivity contribution in [2.45, 2.75) is 25.6 Å². The SMILES string of the molecule is Cc1ccsc1CCl.Cc1ccsc1CCl. The van der Waals surface area contributed by atoms with Gasteiger partial charge in [0, 0.05) is 9.75 Å². The molecule has 4 heteroatoms. The van der Waals surface area contributed by atoms with E-state index in [-0.39, 0.29) is 0 Å². The zero-order valence-corrected chi connectivity index (χ0v) is 12.4. The molecule has 0 aliphatic rings. The maximum absolute atomic E-state index is 5.58. The van der Waals surface area contributed by atoms with Crippen LogP contribution in [0.15, 0.2) is 22.9 Å². The summed E-state index contributed by atoms with van der Waals surface area (Å²) in [5, 5.41) is 4.13. The number of rotatable bonds is 2. The summed E-state index contributed by atoms with van der Waals surface area (Å²) < 4.78 is 0. The van der Waals surface area contributed by atoms with Crippen molar-refractivity contribution < 1.29 is 0 Å². The molecule has 0 aromatic carbocycles. The molecule has 2 aromatic heterocycles. The Hall–Kier alpha value is -0.0200. The Kier molecular flexibility index (Phi) is 6.44. The second kappa shape index (κ2) is 7.33. The summed E-state index contributed by atoms with van der Waals surface area (Å²) in [6, 6.07) is 4.17. The van der Waals surface area contributed by atoms with E-state index in [1.807, 2.05) is 0 Å². The minimum Gasteiger partial charge on any atom is -0.147 e. The lowest BCUT2D eigenvalue weighted by Crippen LogP contribution is -1.70. The minimum atomic E-state index is 0.656. The van der Waals surface area contributed by atoms with Crippen molar-refractivity contribution in [3.05, 3.63) is 43.8 Å². The number of hydrogen-bond acceptors (Lipinski definition) is 2. The molecule has 0 amide bonds. The van der Waals surface area contributed by atoms with Crippen LogP contribution in [-0.2, 0) is 11.8 Å². The highest BCUT2D eigenvalue weighted by atomic mass is 35.5. The molecule has 0 aliphatic heterocycles. The molecule has 0 radical (unpaired) electrons. The second-order valence-electron chi connectivity index (χ2n) is 3.32. The van der Waals surface area contributed by atoms with Gasteiger partial charge in [-0.15, -0.1) is 45.9 Å². The van der Waals surface area contributed by atoms with Gasteiger partial charge in [-0.05, 0) is 47.9 Å². The van der Waals surface area contributed by atoms with Crippen molar-refractivity contribution in [1.29, 1.82) is 0 Å². The lowest BCUT2D eigenvalue weighted by atomic mass is 10.3. The molecule has 2 heterocycles. The molecule has 88 valence electrons. The van der Waals surface area contributed by atoms with Gasteiger partial charge in [0.1, 0.15) is 0 Å². The zero-order chi connectivity index (χ0) is 12.0. The van der Waals surface area contributed by atoms with Crippen LogP contribution in [0, 0.1) is 13.8 Å². The van der Waals surface area contributed by atoms with Gasteiger partial charge in [0.25, 0.3) is 0 Å². The molecule has 0 N–H and O–H groups in total. The van der Waals surface area contributed by atoms with Crippen molar-refractivity contribution in [2.75, 3.05) is 0 Å². The van der Waals surface area contributed by atoms with Gasteiger partial charge in [-0.25, -0.2) is 0 Å². The van der Waals surface area contributed by atoms with Gasteiger partial charge < -0.3 is 0 Å². The third kappa shape index (κ3) is 4.10. The molecule has 0 bridgehead atoms. The highest BCUT2D eigenvalue weighted by Gasteiger charge is 1.94. The van der Waals surface area contributed by atoms with Crippen LogP contribution in [0.1, 0.15) is 20.9 Å². The highest BCUT2D eigenvalue weighted by Crippen LogP contribution is 2.17. The molecule has 0 saturated heterocycles. The molecule has 0 saturated carbocycles. The molecule has 16 heavy (non-hydrogen) atoms. The molecule has 0 nitrogen and oxygen atoms in total. The van der Waals surface area contributed by atoms with Crippen LogP contribution in [0.2, 0.25) is 0 Å². The Morgan fingerprint density at radius 2 is 1.25 bits per heavy atom. The number of aryl methyl sites for hydroxylation is 2. The smallest absolute Gasteiger partial charge is 0.0570 e. The average Bonchev–Trinajstić information content (AvgIpc) is 2.87. The first kappa shape index (κ1) is 14.0. The van der Waals surface area contributed by atoms with Gasteiger partial charge in [0.2, 0.25) is 0 Å². The maximum Gasteiger partial charge on any atom is 0.0570 e. The molecule has 0 aliphatic carbocycles. The van der Waals surface area contributed by atoms with Crippen LogP contribution in [0.25, 0.3) is 0 Å². The maximum atomic E-state index is 5.58. The quantitative estimate of drug-likeness (QED) is 0.633. The number of halogens is 2. The van der Waals surface area contributed by atoms with Gasteiger partial charge in [0.05, 0.1) is 11.8 Å². The Labute approximate surface area is 115 Å². The third-order valence-corrected chi connectivity index (χ3v) is 5.08. The highest BCUT2D eigenvalue weighted by molar-refractivity contribution is 7.10. The van der Waals surface area contributed by atoms with Crippen molar-refractivity contribution in [2.24, 2.45) is 0 Å². The van der Waals surface area contributed by atoms with Crippen molar-refractivity contribution in [3.63, 3.8) is 0 Å². The van der Waals surface area contributed by atoms with E-state index in [9.17, 15) is 0 Å². The molecular weight excluding hydrogens is 279 g/mol. The molecule has 2 aromatic rings. The Morgan fingerprint density at radius 1 is 0.875 bits per heavy atom. The Morgan fingerprint density at radius 3 is 1.38 bits per heavy atom. The molecule has 0 fully saturated rings. The summed E-state index contributed by atoms with van der Waals surface area (Å²) in [5.74, 6) is 1.31. The van der Waals surface area contributed by atoms with Gasteiger partial charge >= 0.3 is 0 Å². The third-order valence-electron chi connectivity index (χ3n) is 2.18. The fourth-order valence-corrected chi connectivity index (χ4v) is 3.39. The summed E-state index contributed by atoms with van der Waals surface area (Å²) in [6.45, 7) is 4.16. The lowest BCUT2D eigenvalue weighted by Gasteiger charge is -1.86. The Balaban J connectivity index is 0.000000160. The standard InChI is InChI=1S/2C6H7ClS/c2*1-5-2-3-8-6(5)4-7/h2*2-3H,4H2,1H3. The van der Waals surface area contributed by atoms with Crippen LogP contribution in [0.4, 0.5) is 0 Å². The predicted octanol–water partition coefficient (Wildman–Crippen LogP) is 5.59. The van der Waals surface area contributed by atoms with E-state index >= 15 is 0 Å². The zero-order valence-electron chi connectivity index (χ0n) is 9.30. The van der Waals surface area contributed by atoms with Gasteiger partial charge in [-0.1, -0.05) is 0 Å². The minimum absolute atomic E-state index is 0.656. The fraction of sp³-hybridized carbons (Fsp3) is 0.333. The van der Waals surface area contributed by atoms with Gasteiger partial charge in [-0.3, -0.25) is 0 Å². The molecule has 2 rings (SSSR count). The summed E-state index contributed by atoms with van der Waals surface area (Å²) in [4.78, 5) is 2.57. The van der Waals surface area contributed by atoms with E-state index in [1.54, 1.807) is 22.7 Å². The first-order valence-corrected chi connectivity index (χ1v) is 7.69. The van der Waals surface area contributed by atoms with Crippen LogP contribution >= 0.6 is 45.9 Å². The van der Waals surface area contributed by atoms with Crippen molar-refractivity contribution in [3.8, 4) is 0 Å². The van der Waals surface area contributed by atoms with E-state index in [4.69, 9.17) is 23.2 Å². The van der Waals surface area contributed by atoms with Gasteiger partial charge in [-0.2, -0.15) is 0 Å². The van der Waals surface area contributed by atoms with E-state index in [2.05, 4.69) is 36.7 Å². The normalized spacial score (nSPS) is 9.75. The number of alkyl halides is 2. The first-order valence-electron chi connectivity index (χ1n) is 4.87. The van der Waals surface area contributed by atoms with Crippen LogP contribution in [0.3, 0.4) is 0 Å². The van der Waals surface area contributed by atoms with Crippen molar-refractivity contribution >= 4 is 45.9 Å². The largest absolute Gasteiger partial charge is 0.147 e. The molecule has 0 spiro atoms. The topological polar surface area (TPSA) is 0 Å². The fourth-order valence-electron chi connectivity index (χ4n) is 1.08. The first-order chi connectivity index (χ1) is 7.69. The lowest BCUT2D eigenvalue weighted by molar-refractivity contribution is 1.40. The predicted molar refractivity (Wildman–Crippen MR) is 77.2 cm³/mol. The van der Waals surface area contributed by atoms with Crippen LogP contribution in [-0.4, -0.2) is 0 Å². The Bertz CT molecular complexity index is 378.